The van der Waals surface area contributed by atoms with Crippen LogP contribution in [0.3, 0.4) is 0 Å². The molecule has 0 rings (SSSR count). The first-order valence-corrected chi connectivity index (χ1v) is 4.43. The molecule has 2 nitrogen and oxygen atoms in total. The van der Waals surface area contributed by atoms with Gasteiger partial charge in [0.05, 0.1) is 0 Å². The van der Waals surface area contributed by atoms with E-state index in [-0.39, 0.29) is 0 Å². The van der Waals surface area contributed by atoms with Crippen LogP contribution < -0.4 is 0 Å². The number of carbonyl (C=O) groups is 1. The molecule has 0 bridgehead atoms. The van der Waals surface area contributed by atoms with Crippen LogP contribution in [0.5, 0.6) is 0 Å². The molecule has 0 saturated carbocycles. The van der Waals surface area contributed by atoms with Gasteiger partial charge < -0.3 is 9.53 Å². The standard InChI is InChI=1S/C9H18O2/c1-2-11-9-7-5-3-4-6-8-10/h8H,2-7,9H2,1H3. The summed E-state index contributed by atoms with van der Waals surface area (Å²) in [7, 11) is 0. The molecule has 0 fully saturated rings. The van der Waals surface area contributed by atoms with Gasteiger partial charge in [-0.05, 0) is 19.8 Å². The number of rotatable bonds is 8. The lowest BCUT2D eigenvalue weighted by Gasteiger charge is -1.99. The van der Waals surface area contributed by atoms with Crippen LogP contribution >= 0.6 is 0 Å². The third-order valence-electron chi connectivity index (χ3n) is 1.56. The third kappa shape index (κ3) is 9.63. The van der Waals surface area contributed by atoms with Crippen molar-refractivity contribution in [3.8, 4) is 0 Å². The summed E-state index contributed by atoms with van der Waals surface area (Å²) in [6.45, 7) is 3.69. The molecule has 0 aromatic rings. The zero-order valence-electron chi connectivity index (χ0n) is 7.34. The molecule has 0 heterocycles. The van der Waals surface area contributed by atoms with Crippen LogP contribution in [0.4, 0.5) is 0 Å². The molecule has 0 aliphatic carbocycles. The Bertz CT molecular complexity index is 81.6. The van der Waals surface area contributed by atoms with Crippen molar-refractivity contribution < 1.29 is 9.53 Å². The molecular formula is C9H18O2. The van der Waals surface area contributed by atoms with E-state index in [1.165, 1.54) is 6.42 Å². The number of hydrogen-bond donors (Lipinski definition) is 0. The highest BCUT2D eigenvalue weighted by atomic mass is 16.5. The van der Waals surface area contributed by atoms with Crippen LogP contribution in [0, 0.1) is 0 Å². The van der Waals surface area contributed by atoms with Gasteiger partial charge in [0.1, 0.15) is 6.29 Å². The molecule has 2 heteroatoms. The summed E-state index contributed by atoms with van der Waals surface area (Å²) in [5, 5.41) is 0. The van der Waals surface area contributed by atoms with Crippen LogP contribution in [-0.4, -0.2) is 19.5 Å². The molecule has 0 atom stereocenters. The molecule has 0 N–H and O–H groups in total. The van der Waals surface area contributed by atoms with E-state index in [0.29, 0.717) is 6.42 Å². The van der Waals surface area contributed by atoms with E-state index < -0.39 is 0 Å². The summed E-state index contributed by atoms with van der Waals surface area (Å²) in [6, 6.07) is 0. The first-order valence-electron chi connectivity index (χ1n) is 4.43. The van der Waals surface area contributed by atoms with E-state index in [1.54, 1.807) is 0 Å². The SMILES string of the molecule is CCOCCCCCCC=O. The lowest BCUT2D eigenvalue weighted by molar-refractivity contribution is -0.107. The van der Waals surface area contributed by atoms with Gasteiger partial charge in [-0.3, -0.25) is 0 Å². The van der Waals surface area contributed by atoms with E-state index in [4.69, 9.17) is 4.74 Å². The van der Waals surface area contributed by atoms with Crippen molar-refractivity contribution in [2.24, 2.45) is 0 Å². The zero-order chi connectivity index (χ0) is 8.36. The second kappa shape index (κ2) is 9.63. The molecule has 0 aromatic carbocycles. The Balaban J connectivity index is 2.74. The molecule has 0 unspecified atom stereocenters. The monoisotopic (exact) mass is 158 g/mol. The van der Waals surface area contributed by atoms with Gasteiger partial charge in [-0.25, -0.2) is 0 Å². The Morgan fingerprint density at radius 3 is 2.55 bits per heavy atom. The lowest BCUT2D eigenvalue weighted by Crippen LogP contribution is -1.92. The van der Waals surface area contributed by atoms with Crippen LogP contribution in [0.15, 0.2) is 0 Å². The summed E-state index contributed by atoms with van der Waals surface area (Å²) in [6.07, 6.45) is 6.22. The summed E-state index contributed by atoms with van der Waals surface area (Å²) >= 11 is 0. The van der Waals surface area contributed by atoms with Gasteiger partial charge >= 0.3 is 0 Å². The largest absolute Gasteiger partial charge is 0.382 e. The molecule has 0 aromatic heterocycles. The normalized spacial score (nSPS) is 9.91. The predicted molar refractivity (Wildman–Crippen MR) is 45.6 cm³/mol. The van der Waals surface area contributed by atoms with Gasteiger partial charge in [0.2, 0.25) is 0 Å². The van der Waals surface area contributed by atoms with E-state index in [9.17, 15) is 4.79 Å². The maximum absolute atomic E-state index is 9.92. The Hall–Kier alpha value is -0.370. The molecule has 0 aliphatic heterocycles. The van der Waals surface area contributed by atoms with Crippen molar-refractivity contribution in [1.29, 1.82) is 0 Å². The quantitative estimate of drug-likeness (QED) is 0.400. The van der Waals surface area contributed by atoms with E-state index >= 15 is 0 Å². The minimum Gasteiger partial charge on any atom is -0.382 e. The average Bonchev–Trinajstić information content (AvgIpc) is 2.03. The highest BCUT2D eigenvalue weighted by Gasteiger charge is 1.88. The average molecular weight is 158 g/mol. The Kier molecular flexibility index (Phi) is 9.31. The summed E-state index contributed by atoms with van der Waals surface area (Å²) < 4.78 is 5.17. The number of carbonyl (C=O) groups excluding carboxylic acids is 1. The Morgan fingerprint density at radius 1 is 1.18 bits per heavy atom. The first-order chi connectivity index (χ1) is 5.41. The highest BCUT2D eigenvalue weighted by molar-refractivity contribution is 5.48. The van der Waals surface area contributed by atoms with Crippen molar-refractivity contribution >= 4 is 6.29 Å². The summed E-state index contributed by atoms with van der Waals surface area (Å²) in [5.74, 6) is 0. The fourth-order valence-electron chi connectivity index (χ4n) is 0.930. The second-order valence-electron chi connectivity index (χ2n) is 2.57. The molecule has 0 saturated heterocycles. The van der Waals surface area contributed by atoms with Gasteiger partial charge in [-0.15, -0.1) is 0 Å². The van der Waals surface area contributed by atoms with Crippen molar-refractivity contribution in [2.75, 3.05) is 13.2 Å². The first kappa shape index (κ1) is 10.6. The van der Waals surface area contributed by atoms with E-state index in [1.807, 2.05) is 6.92 Å². The van der Waals surface area contributed by atoms with Crippen molar-refractivity contribution in [1.82, 2.24) is 0 Å². The third-order valence-corrected chi connectivity index (χ3v) is 1.56. The van der Waals surface area contributed by atoms with Crippen LogP contribution in [0.1, 0.15) is 39.0 Å². The number of hydrogen-bond acceptors (Lipinski definition) is 2. The zero-order valence-corrected chi connectivity index (χ0v) is 7.34. The molecule has 0 aliphatic rings. The van der Waals surface area contributed by atoms with Crippen LogP contribution in [-0.2, 0) is 9.53 Å². The van der Waals surface area contributed by atoms with Gasteiger partial charge in [0.15, 0.2) is 0 Å². The van der Waals surface area contributed by atoms with Crippen LogP contribution in [0.2, 0.25) is 0 Å². The van der Waals surface area contributed by atoms with Crippen molar-refractivity contribution in [3.05, 3.63) is 0 Å². The van der Waals surface area contributed by atoms with E-state index in [2.05, 4.69) is 0 Å². The molecular weight excluding hydrogens is 140 g/mol. The fourth-order valence-corrected chi connectivity index (χ4v) is 0.930. The van der Waals surface area contributed by atoms with Gasteiger partial charge in [0.25, 0.3) is 0 Å². The Labute approximate surface area is 68.9 Å². The smallest absolute Gasteiger partial charge is 0.119 e. The second-order valence-corrected chi connectivity index (χ2v) is 2.57. The Morgan fingerprint density at radius 2 is 1.91 bits per heavy atom. The summed E-state index contributed by atoms with van der Waals surface area (Å²) in [4.78, 5) is 9.92. The van der Waals surface area contributed by atoms with Crippen molar-refractivity contribution in [2.45, 2.75) is 39.0 Å². The van der Waals surface area contributed by atoms with Crippen molar-refractivity contribution in [3.63, 3.8) is 0 Å². The maximum Gasteiger partial charge on any atom is 0.119 e. The molecule has 0 amide bonds. The highest BCUT2D eigenvalue weighted by Crippen LogP contribution is 2.01. The minimum atomic E-state index is 0.717. The molecule has 0 radical (unpaired) electrons. The fraction of sp³-hybridized carbons (Fsp3) is 0.889. The predicted octanol–water partition coefficient (Wildman–Crippen LogP) is 2.17. The lowest BCUT2D eigenvalue weighted by atomic mass is 10.2. The molecule has 0 spiro atoms. The van der Waals surface area contributed by atoms with Crippen LogP contribution in [0.25, 0.3) is 0 Å². The summed E-state index contributed by atoms with van der Waals surface area (Å²) in [5.41, 5.74) is 0. The van der Waals surface area contributed by atoms with Gasteiger partial charge in [-0.1, -0.05) is 12.8 Å². The number of aldehydes is 1. The molecule has 66 valence electrons. The topological polar surface area (TPSA) is 26.3 Å². The molecule has 11 heavy (non-hydrogen) atoms. The number of ether oxygens (including phenoxy) is 1. The van der Waals surface area contributed by atoms with Gasteiger partial charge in [-0.2, -0.15) is 0 Å². The minimum absolute atomic E-state index is 0.717. The maximum atomic E-state index is 9.92. The number of unbranched alkanes of at least 4 members (excludes halogenated alkanes) is 4. The van der Waals surface area contributed by atoms with E-state index in [0.717, 1.165) is 38.8 Å². The van der Waals surface area contributed by atoms with Gasteiger partial charge in [0, 0.05) is 19.6 Å².